The standard InChI is InChI=1S/C12H11N7O6S2.C12H11N5O6S.Na/c20-10(15-11-13-6-14-26-11)9-1-2-18(16-9)7-3-8-5-17(4-7)12(21)19(8)25-27(22,23)24;18-12-15-7-8(17(12)23-24(19,20)21)1-2-10(15)16-5-3-9(14-16)11-13-4-6-22-11;/h1-3,6,8H,4-5H2,(H,22,23,24)(H,13,14,15,20);1-6,8,10H,7H2,(H,19,20,21);/q;;+1/p-1. The third-order valence-electron chi connectivity index (χ3n) is 7.42. The Bertz CT molecular complexity index is 2260. The van der Waals surface area contributed by atoms with Gasteiger partial charge in [0.05, 0.1) is 31.0 Å². The smallest absolute Gasteiger partial charge is 0.724 e. The van der Waals surface area contributed by atoms with Gasteiger partial charge in [-0.1, -0.05) is 6.08 Å². The second-order valence-electron chi connectivity index (χ2n) is 10.7. The van der Waals surface area contributed by atoms with Gasteiger partial charge in [-0.05, 0) is 24.3 Å². The second kappa shape index (κ2) is 14.4. The van der Waals surface area contributed by atoms with E-state index in [-0.39, 0.29) is 54.9 Å². The molecule has 0 aliphatic carbocycles. The number of amides is 5. The summed E-state index contributed by atoms with van der Waals surface area (Å²) in [6.45, 7) is 0.493. The number of rotatable bonds is 9. The van der Waals surface area contributed by atoms with Crippen molar-refractivity contribution in [2.45, 2.75) is 18.2 Å². The molecule has 3 unspecified atom stereocenters. The summed E-state index contributed by atoms with van der Waals surface area (Å²) >= 11 is 1.02. The molecule has 4 bridgehead atoms. The molecule has 3 atom stereocenters. The Labute approximate surface area is 318 Å². The van der Waals surface area contributed by atoms with Gasteiger partial charge in [0.15, 0.2) is 5.69 Å². The van der Waals surface area contributed by atoms with E-state index >= 15 is 0 Å². The maximum Gasteiger partial charge on any atom is 1.00 e. The van der Waals surface area contributed by atoms with Crippen LogP contribution in [-0.2, 0) is 29.4 Å². The molecule has 8 rings (SSSR count). The SMILES string of the molecule is O=C(Nc1ncns1)c1ccn(C2=CC3CN(C2)C(=O)N3OS(=O)(=O)O)n1.O=C1N2CC(C=CC2n2ccc(-c3ncco3)n2)N1OS(=O)(=O)[O-].[Na+]. The summed E-state index contributed by atoms with van der Waals surface area (Å²) in [7, 11) is -9.86. The number of carbonyl (C=O) groups excluding carboxylic acids is 3. The predicted molar refractivity (Wildman–Crippen MR) is 164 cm³/mol. The van der Waals surface area contributed by atoms with Gasteiger partial charge in [0.2, 0.25) is 21.4 Å². The molecule has 2 saturated heterocycles. The molecule has 0 spiro atoms. The number of nitrogens with zero attached hydrogens (tertiary/aromatic N) is 11. The van der Waals surface area contributed by atoms with Crippen LogP contribution in [0.15, 0.2) is 66.0 Å². The summed E-state index contributed by atoms with van der Waals surface area (Å²) in [4.78, 5) is 47.1. The first kappa shape index (κ1) is 37.2. The first-order valence-electron chi connectivity index (χ1n) is 14.2. The Hall–Kier alpha value is -4.58. The number of anilines is 1. The van der Waals surface area contributed by atoms with E-state index in [0.29, 0.717) is 32.5 Å². The zero-order valence-corrected chi connectivity index (χ0v) is 30.7. The third-order valence-corrected chi connectivity index (χ3v) is 8.70. The molecule has 0 aromatic carbocycles. The van der Waals surface area contributed by atoms with Crippen LogP contribution < -0.4 is 34.9 Å². The van der Waals surface area contributed by atoms with Crippen LogP contribution >= 0.6 is 11.5 Å². The summed E-state index contributed by atoms with van der Waals surface area (Å²) in [5.74, 6) is -0.140. The average Bonchev–Trinajstić information content (AvgIpc) is 3.93. The van der Waals surface area contributed by atoms with Crippen LogP contribution in [0.25, 0.3) is 17.3 Å². The molecule has 0 saturated carbocycles. The number of nitrogens with one attached hydrogen (secondary N) is 1. The van der Waals surface area contributed by atoms with Crippen molar-refractivity contribution in [2.24, 2.45) is 0 Å². The monoisotopic (exact) mass is 788 g/mol. The van der Waals surface area contributed by atoms with E-state index in [4.69, 9.17) is 8.97 Å². The maximum absolute atomic E-state index is 12.3. The largest absolute Gasteiger partial charge is 1.00 e. The van der Waals surface area contributed by atoms with Crippen molar-refractivity contribution >= 4 is 61.1 Å². The van der Waals surface area contributed by atoms with E-state index in [9.17, 15) is 35.8 Å². The van der Waals surface area contributed by atoms with Crippen molar-refractivity contribution in [3.8, 4) is 11.6 Å². The van der Waals surface area contributed by atoms with Crippen LogP contribution in [0.2, 0.25) is 0 Å². The molecule has 24 nitrogen and oxygen atoms in total. The van der Waals surface area contributed by atoms with E-state index in [0.717, 1.165) is 11.5 Å². The van der Waals surface area contributed by atoms with Gasteiger partial charge in [-0.25, -0.2) is 37.3 Å². The fourth-order valence-electron chi connectivity index (χ4n) is 5.39. The summed E-state index contributed by atoms with van der Waals surface area (Å²) in [5.41, 5.74) is 1.14. The first-order valence-corrected chi connectivity index (χ1v) is 17.7. The Balaban J connectivity index is 0.000000176. The number of urea groups is 2. The van der Waals surface area contributed by atoms with Gasteiger partial charge in [-0.2, -0.15) is 37.4 Å². The fourth-order valence-corrected chi connectivity index (χ4v) is 6.57. The van der Waals surface area contributed by atoms with Gasteiger partial charge in [-0.15, -0.1) is 4.28 Å². The average molecular weight is 789 g/mol. The van der Waals surface area contributed by atoms with E-state index in [1.807, 2.05) is 0 Å². The predicted octanol–water partition coefficient (Wildman–Crippen LogP) is -3.21. The molecule has 8 heterocycles. The molecule has 4 aromatic heterocycles. The van der Waals surface area contributed by atoms with Crippen molar-refractivity contribution in [1.82, 2.24) is 53.8 Å². The molecule has 2 N–H and O–H groups in total. The molecule has 28 heteroatoms. The number of hydrogen-bond acceptors (Lipinski definition) is 17. The van der Waals surface area contributed by atoms with Gasteiger partial charge in [0.1, 0.15) is 30.5 Å². The van der Waals surface area contributed by atoms with Crippen molar-refractivity contribution in [3.05, 3.63) is 67.2 Å². The minimum absolute atomic E-state index is 0. The third kappa shape index (κ3) is 7.91. The molecule has 52 heavy (non-hydrogen) atoms. The summed E-state index contributed by atoms with van der Waals surface area (Å²) < 4.78 is 83.3. The van der Waals surface area contributed by atoms with Crippen LogP contribution in [0.4, 0.5) is 14.7 Å². The van der Waals surface area contributed by atoms with E-state index < -0.39 is 57.0 Å². The van der Waals surface area contributed by atoms with Gasteiger partial charge < -0.3 is 13.9 Å². The zero-order valence-electron chi connectivity index (χ0n) is 26.2. The van der Waals surface area contributed by atoms with E-state index in [1.165, 1.54) is 50.2 Å². The first-order chi connectivity index (χ1) is 24.2. The minimum atomic E-state index is -5.04. The number of hydroxylamine groups is 4. The molecule has 268 valence electrons. The number of oxazole rings is 1. The van der Waals surface area contributed by atoms with Gasteiger partial charge in [0, 0.05) is 30.5 Å². The van der Waals surface area contributed by atoms with Crippen molar-refractivity contribution in [2.75, 3.05) is 25.0 Å². The van der Waals surface area contributed by atoms with Crippen LogP contribution in [-0.4, -0.2) is 129 Å². The van der Waals surface area contributed by atoms with Crippen LogP contribution in [0.3, 0.4) is 0 Å². The number of aromatic nitrogens is 7. The normalized spacial score (nSPS) is 20.8. The number of hydrogen-bond donors (Lipinski definition) is 2. The van der Waals surface area contributed by atoms with Gasteiger partial charge in [-0.3, -0.25) is 19.6 Å². The molecule has 2 fully saturated rings. The Morgan fingerprint density at radius 3 is 2.50 bits per heavy atom. The topological polar surface area (TPSA) is 294 Å². The van der Waals surface area contributed by atoms with E-state index in [1.54, 1.807) is 30.5 Å². The maximum atomic E-state index is 12.3. The van der Waals surface area contributed by atoms with Crippen molar-refractivity contribution in [1.29, 1.82) is 0 Å². The van der Waals surface area contributed by atoms with Crippen LogP contribution in [0, 0.1) is 0 Å². The van der Waals surface area contributed by atoms with Crippen molar-refractivity contribution in [3.63, 3.8) is 0 Å². The second-order valence-corrected chi connectivity index (χ2v) is 13.4. The fraction of sp³-hybridized carbons (Fsp3) is 0.250. The van der Waals surface area contributed by atoms with Crippen molar-refractivity contribution < 1.29 is 82.9 Å². The summed E-state index contributed by atoms with van der Waals surface area (Å²) in [6, 6.07) is 0.332. The summed E-state index contributed by atoms with van der Waals surface area (Å²) in [5, 5.41) is 12.5. The molecule has 5 amide bonds. The Morgan fingerprint density at radius 2 is 1.81 bits per heavy atom. The molecule has 0 radical (unpaired) electrons. The van der Waals surface area contributed by atoms with Crippen LogP contribution in [0.1, 0.15) is 16.7 Å². The van der Waals surface area contributed by atoms with Crippen LogP contribution in [0.5, 0.6) is 0 Å². The van der Waals surface area contributed by atoms with Gasteiger partial charge >= 0.3 is 52.0 Å². The van der Waals surface area contributed by atoms with Gasteiger partial charge in [0.25, 0.3) is 5.91 Å². The van der Waals surface area contributed by atoms with E-state index in [2.05, 4.69) is 38.4 Å². The molecular weight excluding hydrogens is 768 g/mol. The molecule has 4 aliphatic heterocycles. The summed E-state index contributed by atoms with van der Waals surface area (Å²) in [6.07, 6.45) is 11.6. The number of fused-ring (bicyclic) bond motifs is 4. The quantitative estimate of drug-likeness (QED) is 0.0730. The zero-order chi connectivity index (χ0) is 36.1. The Kier molecular flexibility index (Phi) is 10.3. The number of carbonyl (C=O) groups is 3. The molecule has 4 aliphatic rings. The molecule has 4 aromatic rings. The minimum Gasteiger partial charge on any atom is -0.724 e. The Morgan fingerprint density at radius 1 is 1.02 bits per heavy atom. The molecular formula is C24H21N12NaO12S3.